The maximum atomic E-state index is 12.7. The lowest BCUT2D eigenvalue weighted by molar-refractivity contribution is -0.137. The first-order chi connectivity index (χ1) is 11.6. The molecular weight excluding hydrogens is 304 g/mol. The number of nitrogens with zero attached hydrogens (tertiary/aromatic N) is 2. The van der Waals surface area contributed by atoms with Gasteiger partial charge in [-0.3, -0.25) is 9.59 Å². The summed E-state index contributed by atoms with van der Waals surface area (Å²) >= 11 is 0. The second-order valence-corrected chi connectivity index (χ2v) is 6.86. The highest BCUT2D eigenvalue weighted by Gasteiger charge is 2.37. The number of carbonyl (C=O) groups excluding carboxylic acids is 2. The molecule has 5 nitrogen and oxygen atoms in total. The number of benzene rings is 1. The van der Waals surface area contributed by atoms with Crippen molar-refractivity contribution in [1.29, 1.82) is 0 Å². The molecular formula is C19H26N2O3. The van der Waals surface area contributed by atoms with Crippen LogP contribution in [0, 0.1) is 11.8 Å². The molecule has 2 amide bonds. The molecule has 2 saturated heterocycles. The Morgan fingerprint density at radius 1 is 1.25 bits per heavy atom. The van der Waals surface area contributed by atoms with Crippen LogP contribution in [-0.4, -0.2) is 43.0 Å². The number of hydrogen-bond donors (Lipinski definition) is 0. The minimum Gasteiger partial charge on any atom is -0.494 e. The molecule has 0 spiro atoms. The fourth-order valence-electron chi connectivity index (χ4n) is 3.66. The maximum Gasteiger partial charge on any atom is 0.228 e. The molecule has 0 aliphatic carbocycles. The molecule has 130 valence electrons. The third kappa shape index (κ3) is 3.55. The summed E-state index contributed by atoms with van der Waals surface area (Å²) in [7, 11) is 0. The molecule has 24 heavy (non-hydrogen) atoms. The van der Waals surface area contributed by atoms with Gasteiger partial charge in [-0.2, -0.15) is 0 Å². The molecule has 0 aromatic heterocycles. The monoisotopic (exact) mass is 330 g/mol. The zero-order valence-corrected chi connectivity index (χ0v) is 14.5. The van der Waals surface area contributed by atoms with Crippen molar-refractivity contribution < 1.29 is 14.3 Å². The molecule has 2 fully saturated rings. The van der Waals surface area contributed by atoms with Crippen molar-refractivity contribution in [1.82, 2.24) is 4.90 Å². The fraction of sp³-hybridized carbons (Fsp3) is 0.579. The van der Waals surface area contributed by atoms with Gasteiger partial charge in [0.2, 0.25) is 11.8 Å². The number of ether oxygens (including phenoxy) is 1. The van der Waals surface area contributed by atoms with Gasteiger partial charge < -0.3 is 14.5 Å². The molecule has 0 N–H and O–H groups in total. The lowest BCUT2D eigenvalue weighted by Gasteiger charge is -2.32. The Bertz CT molecular complexity index is 599. The molecule has 3 rings (SSSR count). The molecule has 0 saturated carbocycles. The summed E-state index contributed by atoms with van der Waals surface area (Å²) in [5.41, 5.74) is 0.839. The van der Waals surface area contributed by atoms with E-state index in [0.717, 1.165) is 30.9 Å². The van der Waals surface area contributed by atoms with Gasteiger partial charge >= 0.3 is 0 Å². The highest BCUT2D eigenvalue weighted by Crippen LogP contribution is 2.29. The first-order valence-electron chi connectivity index (χ1n) is 8.90. The normalized spacial score (nSPS) is 24.3. The molecule has 2 aliphatic heterocycles. The number of likely N-dealkylation sites (tertiary alicyclic amines) is 1. The van der Waals surface area contributed by atoms with Gasteiger partial charge in [-0.05, 0) is 49.9 Å². The van der Waals surface area contributed by atoms with Gasteiger partial charge in [0.1, 0.15) is 5.75 Å². The van der Waals surface area contributed by atoms with Crippen LogP contribution in [0.25, 0.3) is 0 Å². The quantitative estimate of drug-likeness (QED) is 0.853. The second-order valence-electron chi connectivity index (χ2n) is 6.86. The summed E-state index contributed by atoms with van der Waals surface area (Å²) in [5, 5.41) is 0. The first kappa shape index (κ1) is 16.8. The lowest BCUT2D eigenvalue weighted by Crippen LogP contribution is -2.43. The van der Waals surface area contributed by atoms with Crippen LogP contribution in [0.4, 0.5) is 5.69 Å². The molecule has 1 aromatic rings. The first-order valence-corrected chi connectivity index (χ1v) is 8.90. The minimum atomic E-state index is -0.214. The van der Waals surface area contributed by atoms with Crippen molar-refractivity contribution >= 4 is 17.5 Å². The molecule has 0 radical (unpaired) electrons. The van der Waals surface area contributed by atoms with Crippen molar-refractivity contribution in [3.63, 3.8) is 0 Å². The van der Waals surface area contributed by atoms with Crippen molar-refractivity contribution in [3.8, 4) is 5.75 Å². The van der Waals surface area contributed by atoms with Crippen LogP contribution in [0.5, 0.6) is 5.75 Å². The summed E-state index contributed by atoms with van der Waals surface area (Å²) in [4.78, 5) is 28.8. The summed E-state index contributed by atoms with van der Waals surface area (Å²) in [6.45, 7) is 6.88. The van der Waals surface area contributed by atoms with E-state index in [2.05, 4.69) is 6.92 Å². The third-order valence-corrected chi connectivity index (χ3v) is 4.90. The van der Waals surface area contributed by atoms with Crippen LogP contribution in [0.1, 0.15) is 33.1 Å². The van der Waals surface area contributed by atoms with E-state index in [-0.39, 0.29) is 17.7 Å². The average molecular weight is 330 g/mol. The van der Waals surface area contributed by atoms with Crippen LogP contribution in [0.15, 0.2) is 24.3 Å². The summed E-state index contributed by atoms with van der Waals surface area (Å²) in [5.74, 6) is 1.31. The maximum absolute atomic E-state index is 12.7. The summed E-state index contributed by atoms with van der Waals surface area (Å²) in [6, 6.07) is 7.51. The molecule has 0 bridgehead atoms. The van der Waals surface area contributed by atoms with Crippen molar-refractivity contribution in [2.24, 2.45) is 11.8 Å². The van der Waals surface area contributed by atoms with Crippen molar-refractivity contribution in [2.75, 3.05) is 31.1 Å². The molecule has 2 atom stereocenters. The molecule has 1 aromatic carbocycles. The highest BCUT2D eigenvalue weighted by atomic mass is 16.5. The predicted octanol–water partition coefficient (Wildman–Crippen LogP) is 2.70. The zero-order chi connectivity index (χ0) is 17.1. The van der Waals surface area contributed by atoms with Crippen LogP contribution < -0.4 is 9.64 Å². The molecule has 0 unspecified atom stereocenters. The SMILES string of the molecule is CCOc1ccc(N2C[C@@H](C(=O)N3CCC[C@H](C)C3)CC2=O)cc1. The van der Waals surface area contributed by atoms with Crippen molar-refractivity contribution in [3.05, 3.63) is 24.3 Å². The second kappa shape index (κ2) is 7.24. The van der Waals surface area contributed by atoms with Crippen LogP contribution in [0.3, 0.4) is 0 Å². The summed E-state index contributed by atoms with van der Waals surface area (Å²) < 4.78 is 5.43. The Labute approximate surface area is 143 Å². The van der Waals surface area contributed by atoms with E-state index < -0.39 is 0 Å². The Hall–Kier alpha value is -2.04. The van der Waals surface area contributed by atoms with E-state index in [1.54, 1.807) is 4.90 Å². The van der Waals surface area contributed by atoms with E-state index in [1.165, 1.54) is 6.42 Å². The fourth-order valence-corrected chi connectivity index (χ4v) is 3.66. The topological polar surface area (TPSA) is 49.9 Å². The largest absolute Gasteiger partial charge is 0.494 e. The number of hydrogen-bond acceptors (Lipinski definition) is 3. The van der Waals surface area contributed by atoms with E-state index in [0.29, 0.717) is 25.5 Å². The van der Waals surface area contributed by atoms with Gasteiger partial charge in [-0.1, -0.05) is 6.92 Å². The van der Waals surface area contributed by atoms with E-state index in [9.17, 15) is 9.59 Å². The lowest BCUT2D eigenvalue weighted by atomic mass is 9.98. The highest BCUT2D eigenvalue weighted by molar-refractivity contribution is 6.00. The average Bonchev–Trinajstić information content (AvgIpc) is 2.97. The standard InChI is InChI=1S/C19H26N2O3/c1-3-24-17-8-6-16(7-9-17)21-13-15(11-18(21)22)19(23)20-10-4-5-14(2)12-20/h6-9,14-15H,3-5,10-13H2,1-2H3/t14-,15-/m0/s1. The van der Waals surface area contributed by atoms with Gasteiger partial charge in [0.25, 0.3) is 0 Å². The molecule has 2 heterocycles. The van der Waals surface area contributed by atoms with E-state index in [1.807, 2.05) is 36.1 Å². The number of anilines is 1. The van der Waals surface area contributed by atoms with Gasteiger partial charge in [0.15, 0.2) is 0 Å². The Balaban J connectivity index is 1.65. The van der Waals surface area contributed by atoms with Gasteiger partial charge in [0, 0.05) is 31.7 Å². The molecule has 2 aliphatic rings. The zero-order valence-electron chi connectivity index (χ0n) is 14.5. The van der Waals surface area contributed by atoms with Gasteiger partial charge in [-0.15, -0.1) is 0 Å². The number of carbonyl (C=O) groups is 2. The van der Waals surface area contributed by atoms with E-state index >= 15 is 0 Å². The van der Waals surface area contributed by atoms with Crippen LogP contribution in [0.2, 0.25) is 0 Å². The van der Waals surface area contributed by atoms with Gasteiger partial charge in [0.05, 0.1) is 12.5 Å². The Morgan fingerprint density at radius 3 is 2.67 bits per heavy atom. The molecule has 5 heteroatoms. The minimum absolute atomic E-state index is 0.0302. The Morgan fingerprint density at radius 2 is 2.00 bits per heavy atom. The Kier molecular flexibility index (Phi) is 5.07. The van der Waals surface area contributed by atoms with Crippen LogP contribution >= 0.6 is 0 Å². The third-order valence-electron chi connectivity index (χ3n) is 4.90. The van der Waals surface area contributed by atoms with Crippen molar-refractivity contribution in [2.45, 2.75) is 33.1 Å². The number of rotatable bonds is 4. The summed E-state index contributed by atoms with van der Waals surface area (Å²) in [6.07, 6.45) is 2.57. The number of amides is 2. The van der Waals surface area contributed by atoms with Crippen LogP contribution in [-0.2, 0) is 9.59 Å². The number of piperidine rings is 1. The predicted molar refractivity (Wildman–Crippen MR) is 93.0 cm³/mol. The van der Waals surface area contributed by atoms with Gasteiger partial charge in [-0.25, -0.2) is 0 Å². The smallest absolute Gasteiger partial charge is 0.228 e. The van der Waals surface area contributed by atoms with E-state index in [4.69, 9.17) is 4.74 Å².